The van der Waals surface area contributed by atoms with E-state index >= 15 is 0 Å². The first-order valence-electron chi connectivity index (χ1n) is 8.74. The van der Waals surface area contributed by atoms with E-state index in [9.17, 15) is 13.6 Å². The van der Waals surface area contributed by atoms with E-state index in [0.717, 1.165) is 62.0 Å². The van der Waals surface area contributed by atoms with E-state index in [0.29, 0.717) is 0 Å². The molecule has 1 heterocycles. The fraction of sp³-hybridized carbons (Fsp3) is 0.350. The van der Waals surface area contributed by atoms with Crippen molar-refractivity contribution < 1.29 is 13.6 Å². The van der Waals surface area contributed by atoms with E-state index in [1.54, 1.807) is 0 Å². The van der Waals surface area contributed by atoms with Gasteiger partial charge in [-0.1, -0.05) is 24.3 Å². The number of nitrogens with zero attached hydrogens (tertiary/aromatic N) is 2. The smallest absolute Gasteiger partial charge is 0.254 e. The highest BCUT2D eigenvalue weighted by molar-refractivity contribution is 5.94. The standard InChI is InChI=1S/C20H23F2N3O/c1-24-8-10-25(11-9-24)14-16-5-3-2-4-15(16)13-23-20(26)18-12-17(21)6-7-19(18)22/h2-7,12H,8-11,13-14H2,1H3,(H,23,26). The van der Waals surface area contributed by atoms with E-state index < -0.39 is 17.5 Å². The molecule has 2 aromatic rings. The lowest BCUT2D eigenvalue weighted by atomic mass is 10.1. The highest BCUT2D eigenvalue weighted by atomic mass is 19.1. The predicted molar refractivity (Wildman–Crippen MR) is 96.7 cm³/mol. The molecule has 2 aromatic carbocycles. The summed E-state index contributed by atoms with van der Waals surface area (Å²) < 4.78 is 27.0. The Morgan fingerprint density at radius 3 is 2.46 bits per heavy atom. The first kappa shape index (κ1) is 18.5. The quantitative estimate of drug-likeness (QED) is 0.892. The molecule has 0 radical (unpaired) electrons. The maximum atomic E-state index is 13.7. The van der Waals surface area contributed by atoms with Gasteiger partial charge in [-0.3, -0.25) is 9.69 Å². The molecule has 1 N–H and O–H groups in total. The van der Waals surface area contributed by atoms with Crippen LogP contribution in [0.25, 0.3) is 0 Å². The van der Waals surface area contributed by atoms with Crippen LogP contribution in [-0.2, 0) is 13.1 Å². The lowest BCUT2D eigenvalue weighted by Crippen LogP contribution is -2.44. The van der Waals surface area contributed by atoms with Crippen molar-refractivity contribution in [3.8, 4) is 0 Å². The van der Waals surface area contributed by atoms with Crippen LogP contribution in [0.5, 0.6) is 0 Å². The first-order valence-corrected chi connectivity index (χ1v) is 8.74. The van der Waals surface area contributed by atoms with Gasteiger partial charge in [0.05, 0.1) is 5.56 Å². The van der Waals surface area contributed by atoms with Crippen molar-refractivity contribution in [3.05, 3.63) is 70.8 Å². The zero-order valence-electron chi connectivity index (χ0n) is 14.8. The summed E-state index contributed by atoms with van der Waals surface area (Å²) in [5.41, 5.74) is 1.84. The largest absolute Gasteiger partial charge is 0.348 e. The maximum Gasteiger partial charge on any atom is 0.254 e. The van der Waals surface area contributed by atoms with Gasteiger partial charge in [-0.2, -0.15) is 0 Å². The highest BCUT2D eigenvalue weighted by Crippen LogP contribution is 2.14. The molecule has 0 aliphatic carbocycles. The van der Waals surface area contributed by atoms with Gasteiger partial charge in [0.1, 0.15) is 11.6 Å². The Hall–Kier alpha value is -2.31. The molecule has 26 heavy (non-hydrogen) atoms. The Morgan fingerprint density at radius 2 is 1.73 bits per heavy atom. The third kappa shape index (κ3) is 4.65. The molecule has 6 heteroatoms. The fourth-order valence-corrected chi connectivity index (χ4v) is 3.07. The summed E-state index contributed by atoms with van der Waals surface area (Å²) in [5, 5.41) is 2.70. The molecule has 0 bridgehead atoms. The Labute approximate surface area is 152 Å². The van der Waals surface area contributed by atoms with Gasteiger partial charge in [-0.05, 0) is 36.4 Å². The monoisotopic (exact) mass is 359 g/mol. The van der Waals surface area contributed by atoms with E-state index in [1.165, 1.54) is 0 Å². The number of nitrogens with one attached hydrogen (secondary N) is 1. The summed E-state index contributed by atoms with van der Waals surface area (Å²) in [4.78, 5) is 16.9. The number of rotatable bonds is 5. The maximum absolute atomic E-state index is 13.7. The number of carbonyl (C=O) groups is 1. The molecule has 0 aromatic heterocycles. The molecule has 0 spiro atoms. The predicted octanol–water partition coefficient (Wildman–Crippen LogP) is 2.64. The number of likely N-dealkylation sites (N-methyl/N-ethyl adjacent to an activating group) is 1. The molecule has 4 nitrogen and oxygen atoms in total. The summed E-state index contributed by atoms with van der Waals surface area (Å²) >= 11 is 0. The van der Waals surface area contributed by atoms with Crippen molar-refractivity contribution >= 4 is 5.91 Å². The second-order valence-corrected chi connectivity index (χ2v) is 6.65. The minimum Gasteiger partial charge on any atom is -0.348 e. The van der Waals surface area contributed by atoms with Gasteiger partial charge in [-0.25, -0.2) is 8.78 Å². The van der Waals surface area contributed by atoms with Gasteiger partial charge in [0.25, 0.3) is 5.91 Å². The van der Waals surface area contributed by atoms with Crippen LogP contribution in [0, 0.1) is 11.6 Å². The van der Waals surface area contributed by atoms with E-state index in [2.05, 4.69) is 22.2 Å². The molecule has 0 atom stereocenters. The van der Waals surface area contributed by atoms with Crippen molar-refractivity contribution in [1.29, 1.82) is 0 Å². The van der Waals surface area contributed by atoms with Gasteiger partial charge < -0.3 is 10.2 Å². The van der Waals surface area contributed by atoms with Crippen LogP contribution in [0.1, 0.15) is 21.5 Å². The molecule has 1 amide bonds. The van der Waals surface area contributed by atoms with Crippen molar-refractivity contribution in [3.63, 3.8) is 0 Å². The summed E-state index contributed by atoms with van der Waals surface area (Å²) in [6.07, 6.45) is 0. The van der Waals surface area contributed by atoms with E-state index in [4.69, 9.17) is 0 Å². The second-order valence-electron chi connectivity index (χ2n) is 6.65. The lowest BCUT2D eigenvalue weighted by Gasteiger charge is -2.32. The Balaban J connectivity index is 1.65. The molecule has 138 valence electrons. The number of benzene rings is 2. The zero-order chi connectivity index (χ0) is 18.5. The number of piperazine rings is 1. The van der Waals surface area contributed by atoms with Crippen LogP contribution in [-0.4, -0.2) is 48.9 Å². The van der Waals surface area contributed by atoms with Crippen molar-refractivity contribution in [2.75, 3.05) is 33.2 Å². The normalized spacial score (nSPS) is 15.8. The van der Waals surface area contributed by atoms with Gasteiger partial charge in [0.15, 0.2) is 0 Å². The minimum absolute atomic E-state index is 0.276. The Morgan fingerprint density at radius 1 is 1.04 bits per heavy atom. The fourth-order valence-electron chi connectivity index (χ4n) is 3.07. The number of hydrogen-bond donors (Lipinski definition) is 1. The van der Waals surface area contributed by atoms with E-state index in [-0.39, 0.29) is 12.1 Å². The summed E-state index contributed by atoms with van der Waals surface area (Å²) in [7, 11) is 2.12. The first-order chi connectivity index (χ1) is 12.5. The third-order valence-corrected chi connectivity index (χ3v) is 4.72. The molecular formula is C20H23F2N3O. The minimum atomic E-state index is -0.727. The zero-order valence-corrected chi connectivity index (χ0v) is 14.8. The van der Waals surface area contributed by atoms with Crippen LogP contribution >= 0.6 is 0 Å². The molecule has 1 aliphatic heterocycles. The number of halogens is 2. The number of carbonyl (C=O) groups excluding carboxylic acids is 1. The van der Waals surface area contributed by atoms with Crippen molar-refractivity contribution in [2.24, 2.45) is 0 Å². The van der Waals surface area contributed by atoms with Crippen molar-refractivity contribution in [1.82, 2.24) is 15.1 Å². The Kier molecular flexibility index (Phi) is 5.96. The van der Waals surface area contributed by atoms with Gasteiger partial charge >= 0.3 is 0 Å². The van der Waals surface area contributed by atoms with Gasteiger partial charge in [0, 0.05) is 39.3 Å². The van der Waals surface area contributed by atoms with E-state index in [1.807, 2.05) is 24.3 Å². The Bertz CT molecular complexity index is 773. The summed E-state index contributed by atoms with van der Waals surface area (Å²) in [6.45, 7) is 5.18. The second kappa shape index (κ2) is 8.38. The topological polar surface area (TPSA) is 35.6 Å². The van der Waals surface area contributed by atoms with Gasteiger partial charge in [-0.15, -0.1) is 0 Å². The van der Waals surface area contributed by atoms with Crippen LogP contribution in [0.15, 0.2) is 42.5 Å². The third-order valence-electron chi connectivity index (χ3n) is 4.72. The molecule has 1 saturated heterocycles. The number of hydrogen-bond acceptors (Lipinski definition) is 3. The summed E-state index contributed by atoms with van der Waals surface area (Å²) in [5.74, 6) is -1.97. The van der Waals surface area contributed by atoms with Crippen LogP contribution in [0.4, 0.5) is 8.78 Å². The number of amides is 1. The van der Waals surface area contributed by atoms with Crippen molar-refractivity contribution in [2.45, 2.75) is 13.1 Å². The summed E-state index contributed by atoms with van der Waals surface area (Å²) in [6, 6.07) is 10.8. The van der Waals surface area contributed by atoms with Crippen LogP contribution in [0.2, 0.25) is 0 Å². The van der Waals surface area contributed by atoms with Crippen LogP contribution < -0.4 is 5.32 Å². The van der Waals surface area contributed by atoms with Crippen LogP contribution in [0.3, 0.4) is 0 Å². The molecule has 0 unspecified atom stereocenters. The lowest BCUT2D eigenvalue weighted by molar-refractivity contribution is 0.0946. The SMILES string of the molecule is CN1CCN(Cc2ccccc2CNC(=O)c2cc(F)ccc2F)CC1. The average molecular weight is 359 g/mol. The molecule has 1 fully saturated rings. The molecule has 1 aliphatic rings. The highest BCUT2D eigenvalue weighted by Gasteiger charge is 2.16. The molecule has 0 saturated carbocycles. The molecule has 3 rings (SSSR count). The average Bonchev–Trinajstić information content (AvgIpc) is 2.64. The molecular weight excluding hydrogens is 336 g/mol. The van der Waals surface area contributed by atoms with Gasteiger partial charge in [0.2, 0.25) is 0 Å².